The van der Waals surface area contributed by atoms with Gasteiger partial charge in [0.25, 0.3) is 0 Å². The zero-order valence-electron chi connectivity index (χ0n) is 13.7. The highest BCUT2D eigenvalue weighted by molar-refractivity contribution is 5.90. The van der Waals surface area contributed by atoms with Crippen LogP contribution in [-0.2, 0) is 22.6 Å². The Kier molecular flexibility index (Phi) is 6.37. The molecule has 126 valence electrons. The molecule has 0 aliphatic heterocycles. The van der Waals surface area contributed by atoms with E-state index >= 15 is 0 Å². The number of benzene rings is 2. The summed E-state index contributed by atoms with van der Waals surface area (Å²) in [4.78, 5) is 23.6. The lowest BCUT2D eigenvalue weighted by Gasteiger charge is -2.09. The zero-order valence-corrected chi connectivity index (χ0v) is 13.7. The highest BCUT2D eigenvalue weighted by Crippen LogP contribution is 2.16. The Bertz CT molecular complexity index is 713. The van der Waals surface area contributed by atoms with Gasteiger partial charge in [-0.3, -0.25) is 9.59 Å². The van der Waals surface area contributed by atoms with E-state index in [9.17, 15) is 14.7 Å². The molecule has 0 heterocycles. The summed E-state index contributed by atoms with van der Waals surface area (Å²) >= 11 is 0. The Balaban J connectivity index is 1.88. The van der Waals surface area contributed by atoms with Crippen LogP contribution in [0.5, 0.6) is 5.75 Å². The molecule has 0 radical (unpaired) electrons. The molecular weight excluding hydrogens is 304 g/mol. The molecule has 2 aromatic rings. The van der Waals surface area contributed by atoms with Gasteiger partial charge in [-0.15, -0.1) is 0 Å². The molecule has 2 rings (SSSR count). The molecule has 0 fully saturated rings. The van der Waals surface area contributed by atoms with Crippen molar-refractivity contribution in [3.05, 3.63) is 59.7 Å². The van der Waals surface area contributed by atoms with Crippen molar-refractivity contribution < 1.29 is 14.7 Å². The first-order valence-electron chi connectivity index (χ1n) is 8.01. The topological polar surface area (TPSA) is 78.4 Å². The predicted octanol–water partition coefficient (Wildman–Crippen LogP) is 2.99. The van der Waals surface area contributed by atoms with Crippen LogP contribution in [0.3, 0.4) is 0 Å². The minimum Gasteiger partial charge on any atom is -0.508 e. The van der Waals surface area contributed by atoms with Gasteiger partial charge in [0.05, 0.1) is 6.42 Å². The lowest BCUT2D eigenvalue weighted by molar-refractivity contribution is -0.120. The summed E-state index contributed by atoms with van der Waals surface area (Å²) in [5, 5.41) is 15.3. The van der Waals surface area contributed by atoms with Crippen molar-refractivity contribution in [1.29, 1.82) is 0 Å². The molecule has 2 aromatic carbocycles. The number of carbonyl (C=O) groups is 2. The van der Waals surface area contributed by atoms with Crippen molar-refractivity contribution in [1.82, 2.24) is 5.32 Å². The molecule has 0 saturated carbocycles. The van der Waals surface area contributed by atoms with Crippen LogP contribution in [-0.4, -0.2) is 16.9 Å². The van der Waals surface area contributed by atoms with E-state index in [0.717, 1.165) is 17.7 Å². The Hall–Kier alpha value is -2.82. The number of hydrogen-bond donors (Lipinski definition) is 3. The van der Waals surface area contributed by atoms with E-state index in [0.29, 0.717) is 18.5 Å². The maximum atomic E-state index is 12.0. The number of rotatable bonds is 7. The molecule has 0 aromatic heterocycles. The highest BCUT2D eigenvalue weighted by atomic mass is 16.3. The van der Waals surface area contributed by atoms with Gasteiger partial charge in [-0.2, -0.15) is 0 Å². The van der Waals surface area contributed by atoms with Gasteiger partial charge in [0.15, 0.2) is 0 Å². The summed E-state index contributed by atoms with van der Waals surface area (Å²) in [6, 6.07) is 14.2. The van der Waals surface area contributed by atoms with E-state index in [-0.39, 0.29) is 24.0 Å². The van der Waals surface area contributed by atoms with Crippen LogP contribution in [0.15, 0.2) is 48.5 Å². The molecule has 5 nitrogen and oxygen atoms in total. The Labute approximate surface area is 141 Å². The number of anilines is 1. The van der Waals surface area contributed by atoms with Crippen molar-refractivity contribution in [3.63, 3.8) is 0 Å². The van der Waals surface area contributed by atoms with Crippen molar-refractivity contribution in [3.8, 4) is 5.75 Å². The second-order valence-electron chi connectivity index (χ2n) is 5.58. The van der Waals surface area contributed by atoms with E-state index in [1.54, 1.807) is 24.3 Å². The first-order chi connectivity index (χ1) is 11.6. The van der Waals surface area contributed by atoms with Crippen LogP contribution in [0.4, 0.5) is 5.69 Å². The van der Waals surface area contributed by atoms with Gasteiger partial charge in [0, 0.05) is 24.2 Å². The minimum atomic E-state index is -0.170. The number of aromatic hydroxyl groups is 1. The summed E-state index contributed by atoms with van der Waals surface area (Å²) in [6.45, 7) is 2.32. The van der Waals surface area contributed by atoms with Gasteiger partial charge in [-0.25, -0.2) is 0 Å². The lowest BCUT2D eigenvalue weighted by atomic mass is 10.1. The van der Waals surface area contributed by atoms with Crippen LogP contribution in [0.1, 0.15) is 30.9 Å². The second-order valence-corrected chi connectivity index (χ2v) is 5.58. The van der Waals surface area contributed by atoms with Crippen molar-refractivity contribution in [2.45, 2.75) is 32.7 Å². The predicted molar refractivity (Wildman–Crippen MR) is 93.6 cm³/mol. The van der Waals surface area contributed by atoms with E-state index in [4.69, 9.17) is 0 Å². The largest absolute Gasteiger partial charge is 0.508 e. The first-order valence-corrected chi connectivity index (χ1v) is 8.01. The van der Waals surface area contributed by atoms with Crippen molar-refractivity contribution in [2.75, 3.05) is 5.32 Å². The third-order valence-electron chi connectivity index (χ3n) is 3.52. The van der Waals surface area contributed by atoms with E-state index < -0.39 is 0 Å². The SMILES string of the molecule is CCCC(=O)Nc1cccc(CNC(=O)Cc2ccccc2O)c1. The number of phenols is 1. The monoisotopic (exact) mass is 326 g/mol. The number of para-hydroxylation sites is 1. The quantitative estimate of drug-likeness (QED) is 0.732. The van der Waals surface area contributed by atoms with E-state index in [1.807, 2.05) is 31.2 Å². The molecular formula is C19H22N2O3. The second kappa shape index (κ2) is 8.72. The average molecular weight is 326 g/mol. The third-order valence-corrected chi connectivity index (χ3v) is 3.52. The first kappa shape index (κ1) is 17.5. The summed E-state index contributed by atoms with van der Waals surface area (Å²) in [5.74, 6) is -0.0663. The van der Waals surface area contributed by atoms with Crippen LogP contribution in [0, 0.1) is 0 Å². The number of carbonyl (C=O) groups excluding carboxylic acids is 2. The van der Waals surface area contributed by atoms with Crippen molar-refractivity contribution in [2.24, 2.45) is 0 Å². The molecule has 0 atom stereocenters. The normalized spacial score (nSPS) is 10.2. The van der Waals surface area contributed by atoms with E-state index in [1.165, 1.54) is 0 Å². The Morgan fingerprint density at radius 2 is 1.83 bits per heavy atom. The fourth-order valence-corrected chi connectivity index (χ4v) is 2.31. The zero-order chi connectivity index (χ0) is 17.4. The maximum absolute atomic E-state index is 12.0. The molecule has 0 aliphatic rings. The molecule has 0 bridgehead atoms. The summed E-state index contributed by atoms with van der Waals surface area (Å²) in [7, 11) is 0. The average Bonchev–Trinajstić information content (AvgIpc) is 2.56. The fourth-order valence-electron chi connectivity index (χ4n) is 2.31. The lowest BCUT2D eigenvalue weighted by Crippen LogP contribution is -2.24. The van der Waals surface area contributed by atoms with Gasteiger partial charge < -0.3 is 15.7 Å². The number of nitrogens with one attached hydrogen (secondary N) is 2. The molecule has 0 unspecified atom stereocenters. The molecule has 24 heavy (non-hydrogen) atoms. The van der Waals surface area contributed by atoms with Crippen LogP contribution >= 0.6 is 0 Å². The molecule has 5 heteroatoms. The maximum Gasteiger partial charge on any atom is 0.224 e. The van der Waals surface area contributed by atoms with Crippen LogP contribution < -0.4 is 10.6 Å². The minimum absolute atomic E-state index is 0.0155. The number of amides is 2. The van der Waals surface area contributed by atoms with Gasteiger partial charge in [0.1, 0.15) is 5.75 Å². The summed E-state index contributed by atoms with van der Waals surface area (Å²) in [6.07, 6.45) is 1.41. The Morgan fingerprint density at radius 3 is 2.58 bits per heavy atom. The standard InChI is InChI=1S/C19H22N2O3/c1-2-6-18(23)21-16-9-5-7-14(11-16)13-20-19(24)12-15-8-3-4-10-17(15)22/h3-5,7-11,22H,2,6,12-13H2,1H3,(H,20,24)(H,21,23). The van der Waals surface area contributed by atoms with Gasteiger partial charge in [0.2, 0.25) is 11.8 Å². The van der Waals surface area contributed by atoms with Gasteiger partial charge in [-0.1, -0.05) is 37.3 Å². The Morgan fingerprint density at radius 1 is 1.04 bits per heavy atom. The van der Waals surface area contributed by atoms with Gasteiger partial charge in [-0.05, 0) is 30.2 Å². The summed E-state index contributed by atoms with van der Waals surface area (Å²) in [5.41, 5.74) is 2.21. The third kappa shape index (κ3) is 5.43. The summed E-state index contributed by atoms with van der Waals surface area (Å²) < 4.78 is 0. The fraction of sp³-hybridized carbons (Fsp3) is 0.263. The van der Waals surface area contributed by atoms with Crippen LogP contribution in [0.25, 0.3) is 0 Å². The van der Waals surface area contributed by atoms with Crippen molar-refractivity contribution >= 4 is 17.5 Å². The van der Waals surface area contributed by atoms with E-state index in [2.05, 4.69) is 10.6 Å². The molecule has 0 spiro atoms. The molecule has 0 aliphatic carbocycles. The number of phenolic OH excluding ortho intramolecular Hbond substituents is 1. The van der Waals surface area contributed by atoms with Gasteiger partial charge >= 0.3 is 0 Å². The highest BCUT2D eigenvalue weighted by Gasteiger charge is 2.07. The van der Waals surface area contributed by atoms with Crippen LogP contribution in [0.2, 0.25) is 0 Å². The molecule has 0 saturated heterocycles. The molecule has 2 amide bonds. The molecule has 3 N–H and O–H groups in total. The smallest absolute Gasteiger partial charge is 0.224 e. The number of hydrogen-bond acceptors (Lipinski definition) is 3.